The van der Waals surface area contributed by atoms with Crippen LogP contribution in [-0.2, 0) is 16.1 Å². The maximum absolute atomic E-state index is 13.6. The lowest BCUT2D eigenvalue weighted by atomic mass is 9.87. The third-order valence-corrected chi connectivity index (χ3v) is 7.89. The fourth-order valence-corrected chi connectivity index (χ4v) is 5.76. The maximum Gasteiger partial charge on any atom is 0.420 e. The van der Waals surface area contributed by atoms with E-state index in [4.69, 9.17) is 25.8 Å². The number of aromatic nitrogens is 2. The number of ether oxygens (including phenoxy) is 3. The number of halogens is 1. The first kappa shape index (κ1) is 29.4. The molecule has 0 unspecified atom stereocenters. The van der Waals surface area contributed by atoms with Gasteiger partial charge in [0.2, 0.25) is 0 Å². The van der Waals surface area contributed by atoms with Crippen molar-refractivity contribution in [2.24, 2.45) is 0 Å². The largest absolute Gasteiger partial charge is 0.486 e. The number of hydrogen-bond acceptors (Lipinski definition) is 8. The van der Waals surface area contributed by atoms with Crippen molar-refractivity contribution in [2.45, 2.75) is 91.1 Å². The SMILES string of the molecule is Cc1cc(C2CCN(C3CN(C(=O)OC(C)(C)C)C3)CC2)cc2c1OCc1c(Cl)ncnc1N2C(=O)OC(C)(C)C. The topological polar surface area (TPSA) is 97.3 Å². The van der Waals surface area contributed by atoms with Gasteiger partial charge in [0.25, 0.3) is 0 Å². The molecule has 0 saturated carbocycles. The van der Waals surface area contributed by atoms with E-state index in [1.165, 1.54) is 11.2 Å². The molecule has 2 aromatic rings. The van der Waals surface area contributed by atoms with E-state index in [0.717, 1.165) is 37.1 Å². The molecule has 41 heavy (non-hydrogen) atoms. The van der Waals surface area contributed by atoms with E-state index in [1.54, 1.807) is 4.90 Å². The maximum atomic E-state index is 13.6. The number of hydrogen-bond donors (Lipinski definition) is 0. The minimum atomic E-state index is -0.707. The zero-order chi connectivity index (χ0) is 29.7. The van der Waals surface area contributed by atoms with Gasteiger partial charge in [-0.05, 0) is 97.5 Å². The molecule has 3 aliphatic rings. The number of likely N-dealkylation sites (tertiary alicyclic amines) is 2. The van der Waals surface area contributed by atoms with Crippen molar-refractivity contribution < 1.29 is 23.8 Å². The minimum Gasteiger partial charge on any atom is -0.486 e. The Hall–Kier alpha value is -3.11. The number of aryl methyl sites for hydroxylation is 1. The summed E-state index contributed by atoms with van der Waals surface area (Å²) in [7, 11) is 0. The number of amides is 2. The summed E-state index contributed by atoms with van der Waals surface area (Å²) < 4.78 is 17.5. The molecular formula is C30H40ClN5O5. The molecule has 3 aliphatic heterocycles. The second kappa shape index (κ2) is 10.9. The second-order valence-electron chi connectivity index (χ2n) is 13.1. The number of piperidine rings is 1. The fourth-order valence-electron chi connectivity index (χ4n) is 5.58. The molecule has 2 amide bonds. The average molecular weight is 586 g/mol. The first-order valence-corrected chi connectivity index (χ1v) is 14.6. The molecule has 0 aliphatic carbocycles. The van der Waals surface area contributed by atoms with Crippen molar-refractivity contribution in [3.05, 3.63) is 40.3 Å². The van der Waals surface area contributed by atoms with E-state index in [1.807, 2.05) is 54.5 Å². The number of carbonyl (C=O) groups is 2. The number of fused-ring (bicyclic) bond motifs is 2. The lowest BCUT2D eigenvalue weighted by Gasteiger charge is -2.47. The number of rotatable bonds is 2. The average Bonchev–Trinajstić information content (AvgIpc) is 2.99. The molecule has 222 valence electrons. The first-order valence-electron chi connectivity index (χ1n) is 14.2. The molecule has 4 heterocycles. The minimum absolute atomic E-state index is 0.140. The highest BCUT2D eigenvalue weighted by Crippen LogP contribution is 2.45. The molecular weight excluding hydrogens is 546 g/mol. The molecule has 0 radical (unpaired) electrons. The monoisotopic (exact) mass is 585 g/mol. The highest BCUT2D eigenvalue weighted by molar-refractivity contribution is 6.30. The van der Waals surface area contributed by atoms with Crippen LogP contribution in [0.25, 0.3) is 0 Å². The van der Waals surface area contributed by atoms with Crippen LogP contribution in [0.15, 0.2) is 18.5 Å². The van der Waals surface area contributed by atoms with Crippen LogP contribution >= 0.6 is 11.6 Å². The summed E-state index contributed by atoms with van der Waals surface area (Å²) >= 11 is 6.42. The second-order valence-corrected chi connectivity index (χ2v) is 13.5. The van der Waals surface area contributed by atoms with Crippen molar-refractivity contribution >= 4 is 35.3 Å². The van der Waals surface area contributed by atoms with Crippen molar-refractivity contribution in [1.82, 2.24) is 19.8 Å². The Morgan fingerprint density at radius 2 is 1.61 bits per heavy atom. The fraction of sp³-hybridized carbons (Fsp3) is 0.600. The van der Waals surface area contributed by atoms with Gasteiger partial charge in [-0.1, -0.05) is 17.7 Å². The Balaban J connectivity index is 1.34. The Labute approximate surface area is 246 Å². The molecule has 0 atom stereocenters. The molecule has 0 N–H and O–H groups in total. The van der Waals surface area contributed by atoms with Crippen LogP contribution in [0.1, 0.15) is 77.0 Å². The highest BCUT2D eigenvalue weighted by Gasteiger charge is 2.39. The predicted molar refractivity (Wildman–Crippen MR) is 156 cm³/mol. The third kappa shape index (κ3) is 6.38. The van der Waals surface area contributed by atoms with E-state index in [9.17, 15) is 9.59 Å². The van der Waals surface area contributed by atoms with Crippen LogP contribution < -0.4 is 9.64 Å². The molecule has 11 heteroatoms. The van der Waals surface area contributed by atoms with Gasteiger partial charge in [0.1, 0.15) is 35.0 Å². The lowest BCUT2D eigenvalue weighted by Crippen LogP contribution is -2.62. The third-order valence-electron chi connectivity index (χ3n) is 7.57. The Morgan fingerprint density at radius 3 is 2.24 bits per heavy atom. The standard InChI is InChI=1S/C30H40ClN5O5/c1-18-12-20(19-8-10-34(11-9-19)21-14-35(15-21)27(37)40-29(2,3)4)13-23-24(18)39-16-22-25(31)32-17-33-26(22)36(23)28(38)41-30(5,6)7/h12-13,17,19,21H,8-11,14-16H2,1-7H3. The summed E-state index contributed by atoms with van der Waals surface area (Å²) in [5.41, 5.74) is 2.01. The van der Waals surface area contributed by atoms with E-state index in [2.05, 4.69) is 20.9 Å². The summed E-state index contributed by atoms with van der Waals surface area (Å²) in [4.78, 5) is 40.2. The normalized spacial score (nSPS) is 18.5. The molecule has 0 bridgehead atoms. The zero-order valence-corrected chi connectivity index (χ0v) is 25.7. The quantitative estimate of drug-likeness (QED) is 0.384. The van der Waals surface area contributed by atoms with Gasteiger partial charge in [0, 0.05) is 19.1 Å². The van der Waals surface area contributed by atoms with Crippen molar-refractivity contribution in [3.63, 3.8) is 0 Å². The lowest BCUT2D eigenvalue weighted by molar-refractivity contribution is -0.0196. The van der Waals surface area contributed by atoms with Crippen LogP contribution in [0.4, 0.5) is 21.1 Å². The first-order chi connectivity index (χ1) is 19.2. The Kier molecular flexibility index (Phi) is 7.84. The van der Waals surface area contributed by atoms with Gasteiger partial charge in [0.15, 0.2) is 5.82 Å². The molecule has 0 spiro atoms. The van der Waals surface area contributed by atoms with E-state index >= 15 is 0 Å². The summed E-state index contributed by atoms with van der Waals surface area (Å²) in [6.07, 6.45) is 2.50. The summed E-state index contributed by atoms with van der Waals surface area (Å²) in [6.45, 7) is 16.6. The zero-order valence-electron chi connectivity index (χ0n) is 25.0. The molecule has 1 aromatic carbocycles. The van der Waals surface area contributed by atoms with Crippen LogP contribution in [0, 0.1) is 6.92 Å². The van der Waals surface area contributed by atoms with Gasteiger partial charge < -0.3 is 19.1 Å². The summed E-state index contributed by atoms with van der Waals surface area (Å²) in [5.74, 6) is 1.28. The van der Waals surface area contributed by atoms with Gasteiger partial charge >= 0.3 is 12.2 Å². The molecule has 1 aromatic heterocycles. The van der Waals surface area contributed by atoms with Crippen molar-refractivity contribution in [1.29, 1.82) is 0 Å². The Bertz CT molecular complexity index is 1320. The van der Waals surface area contributed by atoms with E-state index in [0.29, 0.717) is 47.9 Å². The van der Waals surface area contributed by atoms with E-state index in [-0.39, 0.29) is 17.9 Å². The summed E-state index contributed by atoms with van der Waals surface area (Å²) in [6, 6.07) is 4.54. The molecule has 5 rings (SSSR count). The predicted octanol–water partition coefficient (Wildman–Crippen LogP) is 6.20. The van der Waals surface area contributed by atoms with Gasteiger partial charge in [-0.2, -0.15) is 0 Å². The number of benzene rings is 1. The van der Waals surface area contributed by atoms with Gasteiger partial charge in [-0.25, -0.2) is 24.5 Å². The van der Waals surface area contributed by atoms with Gasteiger partial charge in [0.05, 0.1) is 11.3 Å². The highest BCUT2D eigenvalue weighted by atomic mass is 35.5. The van der Waals surface area contributed by atoms with Crippen LogP contribution in [0.3, 0.4) is 0 Å². The summed E-state index contributed by atoms with van der Waals surface area (Å²) in [5, 5.41) is 0.239. The van der Waals surface area contributed by atoms with E-state index < -0.39 is 17.3 Å². The van der Waals surface area contributed by atoms with Gasteiger partial charge in [-0.3, -0.25) is 4.90 Å². The molecule has 2 fully saturated rings. The van der Waals surface area contributed by atoms with Crippen molar-refractivity contribution in [3.8, 4) is 5.75 Å². The molecule has 2 saturated heterocycles. The van der Waals surface area contributed by atoms with Crippen LogP contribution in [0.5, 0.6) is 5.75 Å². The Morgan fingerprint density at radius 1 is 0.976 bits per heavy atom. The number of nitrogens with zero attached hydrogens (tertiary/aromatic N) is 5. The smallest absolute Gasteiger partial charge is 0.420 e. The van der Waals surface area contributed by atoms with Crippen molar-refractivity contribution in [2.75, 3.05) is 31.1 Å². The van der Waals surface area contributed by atoms with Gasteiger partial charge in [-0.15, -0.1) is 0 Å². The molecule has 10 nitrogen and oxygen atoms in total. The van der Waals surface area contributed by atoms with Crippen LogP contribution in [0.2, 0.25) is 5.15 Å². The van der Waals surface area contributed by atoms with Crippen LogP contribution in [-0.4, -0.2) is 75.4 Å². The number of carbonyl (C=O) groups excluding carboxylic acids is 2. The number of anilines is 2.